The van der Waals surface area contributed by atoms with Crippen molar-refractivity contribution >= 4 is 23.5 Å². The van der Waals surface area contributed by atoms with E-state index in [4.69, 9.17) is 21.4 Å². The van der Waals surface area contributed by atoms with Crippen molar-refractivity contribution in [1.29, 1.82) is 0 Å². The van der Waals surface area contributed by atoms with Crippen molar-refractivity contribution in [3.8, 4) is 11.6 Å². The zero-order chi connectivity index (χ0) is 24.5. The van der Waals surface area contributed by atoms with E-state index in [9.17, 15) is 22.8 Å². The molecule has 0 bridgehead atoms. The molecule has 3 aromatic rings. The van der Waals surface area contributed by atoms with E-state index in [1.165, 1.54) is 49.5 Å². The fourth-order valence-corrected chi connectivity index (χ4v) is 3.21. The first kappa shape index (κ1) is 24.1. The van der Waals surface area contributed by atoms with Crippen LogP contribution in [0.2, 0.25) is 5.02 Å². The Morgan fingerprint density at radius 3 is 2.36 bits per heavy atom. The van der Waals surface area contributed by atoms with Crippen LogP contribution in [0.1, 0.15) is 50.5 Å². The lowest BCUT2D eigenvalue weighted by Crippen LogP contribution is -2.28. The van der Waals surface area contributed by atoms with E-state index in [2.05, 4.69) is 10.4 Å². The molecule has 33 heavy (non-hydrogen) atoms. The van der Waals surface area contributed by atoms with Gasteiger partial charge in [-0.15, -0.1) is 0 Å². The molecule has 0 radical (unpaired) electrons. The monoisotopic (exact) mass is 481 g/mol. The second-order valence-corrected chi connectivity index (χ2v) is 7.69. The molecule has 0 aliphatic heterocycles. The maximum absolute atomic E-state index is 13.7. The van der Waals surface area contributed by atoms with Crippen LogP contribution < -0.4 is 10.1 Å². The third-order valence-electron chi connectivity index (χ3n) is 4.84. The molecule has 0 spiro atoms. The number of aromatic carboxylic acids is 1. The number of aryl methyl sites for hydroxylation is 2. The van der Waals surface area contributed by atoms with Gasteiger partial charge in [0.1, 0.15) is 11.3 Å². The molecule has 11 heteroatoms. The lowest BCUT2D eigenvalue weighted by atomic mass is 10.1. The van der Waals surface area contributed by atoms with E-state index in [1.807, 2.05) is 0 Å². The number of rotatable bonds is 6. The average molecular weight is 482 g/mol. The predicted octanol–water partition coefficient (Wildman–Crippen LogP) is 5.38. The Kier molecular flexibility index (Phi) is 6.68. The topological polar surface area (TPSA) is 93.4 Å². The molecule has 174 valence electrons. The fourth-order valence-electron chi connectivity index (χ4n) is 3.09. The molecule has 2 aromatic carbocycles. The van der Waals surface area contributed by atoms with Crippen molar-refractivity contribution in [1.82, 2.24) is 15.1 Å². The molecular formula is C22H19ClF3N3O4. The first-order valence-electron chi connectivity index (χ1n) is 9.60. The van der Waals surface area contributed by atoms with Crippen molar-refractivity contribution in [2.24, 2.45) is 7.05 Å². The summed E-state index contributed by atoms with van der Waals surface area (Å²) >= 11 is 5.98. The van der Waals surface area contributed by atoms with Crippen LogP contribution in [0, 0.1) is 6.92 Å². The van der Waals surface area contributed by atoms with Crippen LogP contribution in [0.15, 0.2) is 42.5 Å². The fraction of sp³-hybridized carbons (Fsp3) is 0.227. The van der Waals surface area contributed by atoms with Gasteiger partial charge in [-0.2, -0.15) is 18.3 Å². The predicted molar refractivity (Wildman–Crippen MR) is 114 cm³/mol. The van der Waals surface area contributed by atoms with Gasteiger partial charge in [0, 0.05) is 12.1 Å². The number of carboxylic acid groups (broad SMARTS) is 1. The zero-order valence-electron chi connectivity index (χ0n) is 17.7. The number of halogens is 4. The largest absolute Gasteiger partial charge is 0.478 e. The molecule has 0 unspecified atom stereocenters. The summed E-state index contributed by atoms with van der Waals surface area (Å²) in [6, 6.07) is 9.39. The van der Waals surface area contributed by atoms with Crippen molar-refractivity contribution in [3.05, 3.63) is 75.4 Å². The summed E-state index contributed by atoms with van der Waals surface area (Å²) < 4.78 is 47.4. The average Bonchev–Trinajstić information content (AvgIpc) is 3.07. The Morgan fingerprint density at radius 1 is 1.18 bits per heavy atom. The highest BCUT2D eigenvalue weighted by Crippen LogP contribution is 2.37. The van der Waals surface area contributed by atoms with Gasteiger partial charge >= 0.3 is 12.1 Å². The Morgan fingerprint density at radius 2 is 1.82 bits per heavy atom. The Balaban J connectivity index is 1.96. The first-order chi connectivity index (χ1) is 15.4. The van der Waals surface area contributed by atoms with Gasteiger partial charge in [-0.3, -0.25) is 4.79 Å². The summed E-state index contributed by atoms with van der Waals surface area (Å²) in [5, 5.41) is 15.4. The van der Waals surface area contributed by atoms with E-state index in [0.717, 1.165) is 4.68 Å². The molecule has 0 fully saturated rings. The number of carboxylic acids is 1. The minimum absolute atomic E-state index is 0.0397. The van der Waals surface area contributed by atoms with E-state index < -0.39 is 41.2 Å². The number of hydrogen-bond acceptors (Lipinski definition) is 4. The molecule has 3 rings (SSSR count). The van der Waals surface area contributed by atoms with E-state index in [1.54, 1.807) is 13.8 Å². The standard InChI is InChI=1S/C22H19ClF3N3O4/c1-11-10-15(8-9-16(11)23)33-20-17(18(22(24,25)26)28-29(20)3)19(30)27-12(2)13-4-6-14(7-5-13)21(31)32/h4-10,12H,1-3H3,(H,27,30)(H,31,32)/t12-/m0/s1. The number of amides is 1. The summed E-state index contributed by atoms with van der Waals surface area (Å²) in [6.45, 7) is 3.25. The van der Waals surface area contributed by atoms with Gasteiger partial charge in [0.2, 0.25) is 5.88 Å². The highest BCUT2D eigenvalue weighted by atomic mass is 35.5. The molecule has 1 aromatic heterocycles. The summed E-state index contributed by atoms with van der Waals surface area (Å²) in [5.74, 6) is -2.39. The quantitative estimate of drug-likeness (QED) is 0.493. The summed E-state index contributed by atoms with van der Waals surface area (Å²) in [7, 11) is 1.23. The Bertz CT molecular complexity index is 1210. The summed E-state index contributed by atoms with van der Waals surface area (Å²) in [5.41, 5.74) is -0.987. The molecule has 0 saturated heterocycles. The molecular weight excluding hydrogens is 463 g/mol. The number of carbonyl (C=O) groups excluding carboxylic acids is 1. The van der Waals surface area contributed by atoms with Crippen molar-refractivity contribution in [2.45, 2.75) is 26.1 Å². The number of nitrogens with one attached hydrogen (secondary N) is 1. The number of carbonyl (C=O) groups is 2. The van der Waals surface area contributed by atoms with Crippen LogP contribution >= 0.6 is 11.6 Å². The molecule has 1 atom stereocenters. The van der Waals surface area contributed by atoms with Crippen LogP contribution in [-0.2, 0) is 13.2 Å². The second kappa shape index (κ2) is 9.14. The third kappa shape index (κ3) is 5.28. The highest BCUT2D eigenvalue weighted by molar-refractivity contribution is 6.31. The summed E-state index contributed by atoms with van der Waals surface area (Å²) in [4.78, 5) is 24.0. The van der Waals surface area contributed by atoms with Gasteiger partial charge in [0.05, 0.1) is 11.6 Å². The molecule has 0 aliphatic rings. The van der Waals surface area contributed by atoms with Gasteiger partial charge in [0.15, 0.2) is 5.69 Å². The van der Waals surface area contributed by atoms with E-state index >= 15 is 0 Å². The maximum Gasteiger partial charge on any atom is 0.436 e. The van der Waals surface area contributed by atoms with Crippen molar-refractivity contribution < 1.29 is 32.6 Å². The lowest BCUT2D eigenvalue weighted by molar-refractivity contribution is -0.141. The van der Waals surface area contributed by atoms with E-state index in [-0.39, 0.29) is 11.3 Å². The minimum atomic E-state index is -4.91. The highest BCUT2D eigenvalue weighted by Gasteiger charge is 2.42. The zero-order valence-corrected chi connectivity index (χ0v) is 18.5. The number of benzene rings is 2. The van der Waals surface area contributed by atoms with Gasteiger partial charge in [-0.1, -0.05) is 23.7 Å². The number of alkyl halides is 3. The maximum atomic E-state index is 13.7. The normalized spacial score (nSPS) is 12.3. The third-order valence-corrected chi connectivity index (χ3v) is 5.26. The van der Waals surface area contributed by atoms with Crippen LogP contribution in [-0.4, -0.2) is 26.8 Å². The number of ether oxygens (including phenoxy) is 1. The number of nitrogens with zero attached hydrogens (tertiary/aromatic N) is 2. The first-order valence-corrected chi connectivity index (χ1v) is 9.98. The van der Waals surface area contributed by atoms with Crippen molar-refractivity contribution in [3.63, 3.8) is 0 Å². The smallest absolute Gasteiger partial charge is 0.436 e. The van der Waals surface area contributed by atoms with Gasteiger partial charge in [-0.05, 0) is 55.3 Å². The van der Waals surface area contributed by atoms with Gasteiger partial charge in [0.25, 0.3) is 5.91 Å². The SMILES string of the molecule is Cc1cc(Oc2c(C(=O)N[C@@H](C)c3ccc(C(=O)O)cc3)c(C(F)(F)F)nn2C)ccc1Cl. The number of hydrogen-bond donors (Lipinski definition) is 2. The van der Waals surface area contributed by atoms with Crippen LogP contribution in [0.5, 0.6) is 11.6 Å². The van der Waals surface area contributed by atoms with Gasteiger partial charge < -0.3 is 15.2 Å². The Hall–Kier alpha value is -3.53. The molecule has 7 nitrogen and oxygen atoms in total. The lowest BCUT2D eigenvalue weighted by Gasteiger charge is -2.16. The Labute approximate surface area is 191 Å². The summed E-state index contributed by atoms with van der Waals surface area (Å²) in [6.07, 6.45) is -4.91. The molecule has 1 heterocycles. The van der Waals surface area contributed by atoms with Crippen molar-refractivity contribution in [2.75, 3.05) is 0 Å². The number of aromatic nitrogens is 2. The second-order valence-electron chi connectivity index (χ2n) is 7.29. The molecule has 2 N–H and O–H groups in total. The van der Waals surface area contributed by atoms with Gasteiger partial charge in [-0.25, -0.2) is 9.48 Å². The van der Waals surface area contributed by atoms with Crippen LogP contribution in [0.3, 0.4) is 0 Å². The molecule has 1 amide bonds. The van der Waals surface area contributed by atoms with E-state index in [0.29, 0.717) is 16.1 Å². The molecule has 0 saturated carbocycles. The minimum Gasteiger partial charge on any atom is -0.478 e. The molecule has 0 aliphatic carbocycles. The van der Waals surface area contributed by atoms with Crippen LogP contribution in [0.4, 0.5) is 13.2 Å². The van der Waals surface area contributed by atoms with Crippen LogP contribution in [0.25, 0.3) is 0 Å².